The number of nitrogens with zero attached hydrogens (tertiary/aromatic N) is 4. The second-order valence-electron chi connectivity index (χ2n) is 7.42. The lowest BCUT2D eigenvalue weighted by atomic mass is 10.1. The summed E-state index contributed by atoms with van der Waals surface area (Å²) in [6.07, 6.45) is 1.64. The van der Waals surface area contributed by atoms with Crippen LogP contribution in [0.5, 0.6) is 0 Å². The SMILES string of the molecule is Cc1ccc(-c2nnc(SCC(=O)N/N=C/c3ccccc3C)n2-c2ccc(Cl)cc2)cc1. The van der Waals surface area contributed by atoms with Crippen molar-refractivity contribution in [1.82, 2.24) is 20.2 Å². The Morgan fingerprint density at radius 2 is 1.76 bits per heavy atom. The van der Waals surface area contributed by atoms with Gasteiger partial charge in [-0.15, -0.1) is 10.2 Å². The summed E-state index contributed by atoms with van der Waals surface area (Å²) in [5.41, 5.74) is 7.57. The van der Waals surface area contributed by atoms with Crippen LogP contribution in [0.2, 0.25) is 5.02 Å². The molecule has 0 spiro atoms. The molecule has 1 aromatic heterocycles. The molecule has 0 radical (unpaired) electrons. The number of hydrogen-bond acceptors (Lipinski definition) is 5. The summed E-state index contributed by atoms with van der Waals surface area (Å²) in [5, 5.41) is 14.1. The predicted octanol–water partition coefficient (Wildman–Crippen LogP) is 5.45. The smallest absolute Gasteiger partial charge is 0.250 e. The van der Waals surface area contributed by atoms with E-state index in [1.54, 1.807) is 6.21 Å². The van der Waals surface area contributed by atoms with Crippen molar-refractivity contribution in [2.45, 2.75) is 19.0 Å². The molecule has 1 N–H and O–H groups in total. The second-order valence-corrected chi connectivity index (χ2v) is 8.80. The minimum absolute atomic E-state index is 0.144. The Bertz CT molecular complexity index is 1280. The molecule has 166 valence electrons. The maximum atomic E-state index is 12.4. The number of carbonyl (C=O) groups is 1. The number of carbonyl (C=O) groups excluding carboxylic acids is 1. The number of rotatable bonds is 7. The van der Waals surface area contributed by atoms with Gasteiger partial charge in [0.1, 0.15) is 0 Å². The minimum Gasteiger partial charge on any atom is -0.272 e. The Hall–Kier alpha value is -3.42. The van der Waals surface area contributed by atoms with Gasteiger partial charge in [-0.3, -0.25) is 9.36 Å². The van der Waals surface area contributed by atoms with E-state index in [0.717, 1.165) is 27.9 Å². The van der Waals surface area contributed by atoms with Crippen molar-refractivity contribution < 1.29 is 4.79 Å². The third-order valence-corrected chi connectivity index (χ3v) is 6.12. The van der Waals surface area contributed by atoms with Crippen molar-refractivity contribution in [2.75, 3.05) is 5.75 Å². The number of aryl methyl sites for hydroxylation is 2. The van der Waals surface area contributed by atoms with Gasteiger partial charge < -0.3 is 0 Å². The molecule has 4 rings (SSSR count). The van der Waals surface area contributed by atoms with Crippen LogP contribution >= 0.6 is 23.4 Å². The van der Waals surface area contributed by atoms with Crippen molar-refractivity contribution in [3.8, 4) is 17.1 Å². The van der Waals surface area contributed by atoms with Gasteiger partial charge in [-0.1, -0.05) is 77.5 Å². The van der Waals surface area contributed by atoms with Crippen LogP contribution in [0.25, 0.3) is 17.1 Å². The van der Waals surface area contributed by atoms with E-state index in [2.05, 4.69) is 20.7 Å². The number of benzene rings is 3. The third kappa shape index (κ3) is 5.69. The summed E-state index contributed by atoms with van der Waals surface area (Å²) in [7, 11) is 0. The monoisotopic (exact) mass is 475 g/mol. The largest absolute Gasteiger partial charge is 0.272 e. The van der Waals surface area contributed by atoms with Gasteiger partial charge in [0.05, 0.1) is 12.0 Å². The van der Waals surface area contributed by atoms with Crippen molar-refractivity contribution in [3.05, 3.63) is 94.5 Å². The van der Waals surface area contributed by atoms with E-state index < -0.39 is 0 Å². The van der Waals surface area contributed by atoms with Crippen LogP contribution in [0, 0.1) is 13.8 Å². The van der Waals surface area contributed by atoms with Crippen LogP contribution in [0.15, 0.2) is 83.1 Å². The van der Waals surface area contributed by atoms with Gasteiger partial charge >= 0.3 is 0 Å². The van der Waals surface area contributed by atoms with Crippen molar-refractivity contribution in [2.24, 2.45) is 5.10 Å². The van der Waals surface area contributed by atoms with E-state index in [0.29, 0.717) is 16.0 Å². The molecule has 0 saturated heterocycles. The third-order valence-electron chi connectivity index (χ3n) is 4.94. The van der Waals surface area contributed by atoms with Gasteiger partial charge in [-0.2, -0.15) is 5.10 Å². The Morgan fingerprint density at radius 3 is 2.48 bits per heavy atom. The van der Waals surface area contributed by atoms with Crippen LogP contribution in [0.3, 0.4) is 0 Å². The molecule has 8 heteroatoms. The van der Waals surface area contributed by atoms with Crippen LogP contribution in [0.4, 0.5) is 0 Å². The van der Waals surface area contributed by atoms with E-state index in [9.17, 15) is 4.79 Å². The maximum Gasteiger partial charge on any atom is 0.250 e. The van der Waals surface area contributed by atoms with Gasteiger partial charge in [0.15, 0.2) is 11.0 Å². The highest BCUT2D eigenvalue weighted by Gasteiger charge is 2.17. The fraction of sp³-hybridized carbons (Fsp3) is 0.120. The predicted molar refractivity (Wildman–Crippen MR) is 134 cm³/mol. The summed E-state index contributed by atoms with van der Waals surface area (Å²) in [5.74, 6) is 0.607. The molecule has 0 aliphatic carbocycles. The Labute approximate surface area is 201 Å². The molecule has 0 bridgehead atoms. The molecule has 4 aromatic rings. The molecule has 6 nitrogen and oxygen atoms in total. The summed E-state index contributed by atoms with van der Waals surface area (Å²) >= 11 is 7.37. The van der Waals surface area contributed by atoms with Crippen LogP contribution in [-0.4, -0.2) is 32.6 Å². The number of hydrazone groups is 1. The number of halogens is 1. The summed E-state index contributed by atoms with van der Waals surface area (Å²) in [6, 6.07) is 23.3. The Morgan fingerprint density at radius 1 is 1.03 bits per heavy atom. The minimum atomic E-state index is -0.229. The average Bonchev–Trinajstić information content (AvgIpc) is 3.24. The zero-order valence-electron chi connectivity index (χ0n) is 18.2. The Kier molecular flexibility index (Phi) is 7.22. The van der Waals surface area contributed by atoms with Crippen molar-refractivity contribution in [3.63, 3.8) is 0 Å². The summed E-state index contributed by atoms with van der Waals surface area (Å²) in [6.45, 7) is 4.03. The molecule has 0 saturated carbocycles. The number of thioether (sulfide) groups is 1. The van der Waals surface area contributed by atoms with E-state index >= 15 is 0 Å². The normalized spacial score (nSPS) is 11.1. The van der Waals surface area contributed by atoms with E-state index in [1.165, 1.54) is 11.8 Å². The first-order chi connectivity index (χ1) is 16.0. The van der Waals surface area contributed by atoms with Gasteiger partial charge in [-0.25, -0.2) is 5.43 Å². The second kappa shape index (κ2) is 10.5. The van der Waals surface area contributed by atoms with Gasteiger partial charge in [0.2, 0.25) is 0 Å². The van der Waals surface area contributed by atoms with E-state index in [-0.39, 0.29) is 11.7 Å². The highest BCUT2D eigenvalue weighted by Crippen LogP contribution is 2.28. The van der Waals surface area contributed by atoms with Crippen molar-refractivity contribution in [1.29, 1.82) is 0 Å². The molecule has 1 amide bonds. The van der Waals surface area contributed by atoms with E-state index in [1.807, 2.05) is 91.2 Å². The Balaban J connectivity index is 1.52. The first-order valence-corrected chi connectivity index (χ1v) is 11.7. The molecule has 0 atom stereocenters. The van der Waals surface area contributed by atoms with Crippen LogP contribution in [0.1, 0.15) is 16.7 Å². The molecule has 33 heavy (non-hydrogen) atoms. The van der Waals surface area contributed by atoms with E-state index in [4.69, 9.17) is 11.6 Å². The molecular weight excluding hydrogens is 454 g/mol. The highest BCUT2D eigenvalue weighted by molar-refractivity contribution is 7.99. The number of hydrogen-bond donors (Lipinski definition) is 1. The fourth-order valence-electron chi connectivity index (χ4n) is 3.14. The fourth-order valence-corrected chi connectivity index (χ4v) is 4.01. The zero-order chi connectivity index (χ0) is 23.2. The van der Waals surface area contributed by atoms with Crippen LogP contribution in [-0.2, 0) is 4.79 Å². The maximum absolute atomic E-state index is 12.4. The highest BCUT2D eigenvalue weighted by atomic mass is 35.5. The van der Waals surface area contributed by atoms with Crippen molar-refractivity contribution >= 4 is 35.5 Å². The quantitative estimate of drug-likeness (QED) is 0.219. The molecule has 0 aliphatic heterocycles. The molecule has 0 unspecified atom stereocenters. The number of aromatic nitrogens is 3. The first-order valence-electron chi connectivity index (χ1n) is 10.3. The van der Waals surface area contributed by atoms with Crippen LogP contribution < -0.4 is 5.43 Å². The lowest BCUT2D eigenvalue weighted by Crippen LogP contribution is -2.20. The summed E-state index contributed by atoms with van der Waals surface area (Å²) in [4.78, 5) is 12.4. The van der Waals surface area contributed by atoms with Gasteiger partial charge in [0, 0.05) is 16.3 Å². The topological polar surface area (TPSA) is 72.2 Å². The first kappa shape index (κ1) is 22.8. The molecule has 0 aliphatic rings. The number of amides is 1. The summed E-state index contributed by atoms with van der Waals surface area (Å²) < 4.78 is 1.93. The molecule has 1 heterocycles. The standard InChI is InChI=1S/C25H22ClN5OS/c1-17-7-9-19(10-8-17)24-29-30-25(31(24)22-13-11-21(26)12-14-22)33-16-23(32)28-27-15-20-6-4-3-5-18(20)2/h3-15H,16H2,1-2H3,(H,28,32)/b27-15+. The lowest BCUT2D eigenvalue weighted by molar-refractivity contribution is -0.118. The number of nitrogens with one attached hydrogen (secondary N) is 1. The van der Waals surface area contributed by atoms with Gasteiger partial charge in [0.25, 0.3) is 5.91 Å². The lowest BCUT2D eigenvalue weighted by Gasteiger charge is -2.10. The molecule has 0 fully saturated rings. The zero-order valence-corrected chi connectivity index (χ0v) is 19.8. The molecule has 3 aromatic carbocycles. The molecular formula is C25H22ClN5OS. The average molecular weight is 476 g/mol. The van der Waals surface area contributed by atoms with Gasteiger partial charge in [-0.05, 0) is 49.2 Å².